The molecule has 10 nitrogen and oxygen atoms in total. The van der Waals surface area contributed by atoms with Crippen molar-refractivity contribution in [2.75, 3.05) is 19.0 Å². The van der Waals surface area contributed by atoms with Crippen LogP contribution >= 0.6 is 0 Å². The number of anilines is 1. The number of fused-ring (bicyclic) bond motifs is 5. The average Bonchev–Trinajstić information content (AvgIpc) is 3.47. The predicted octanol–water partition coefficient (Wildman–Crippen LogP) is 5.12. The molecule has 0 spiro atoms. The van der Waals surface area contributed by atoms with E-state index in [1.54, 1.807) is 7.11 Å². The zero-order chi connectivity index (χ0) is 31.3. The zero-order valence-electron chi connectivity index (χ0n) is 26.1. The molecule has 2 unspecified atom stereocenters. The van der Waals surface area contributed by atoms with E-state index >= 15 is 0 Å². The monoisotopic (exact) mass is 615 g/mol. The van der Waals surface area contributed by atoms with Crippen LogP contribution in [-0.4, -0.2) is 61.6 Å². The molecule has 3 aromatic heterocycles. The Hall–Kier alpha value is -4.70. The molecule has 46 heavy (non-hydrogen) atoms. The molecule has 2 aromatic carbocycles. The lowest BCUT2D eigenvalue weighted by molar-refractivity contribution is -0.116. The summed E-state index contributed by atoms with van der Waals surface area (Å²) in [5, 5.41) is 4.03. The quantitative estimate of drug-likeness (QED) is 0.274. The normalized spacial score (nSPS) is 22.1. The van der Waals surface area contributed by atoms with Gasteiger partial charge in [-0.1, -0.05) is 6.07 Å². The van der Waals surface area contributed by atoms with E-state index in [2.05, 4.69) is 38.7 Å². The number of aryl methyl sites for hydroxylation is 2. The van der Waals surface area contributed by atoms with E-state index in [1.807, 2.05) is 36.2 Å². The molecule has 10 heteroatoms. The summed E-state index contributed by atoms with van der Waals surface area (Å²) in [6.45, 7) is 1.59. The van der Waals surface area contributed by atoms with Gasteiger partial charge in [0.05, 0.1) is 24.0 Å². The van der Waals surface area contributed by atoms with Crippen LogP contribution in [-0.2, 0) is 24.8 Å². The molecule has 234 valence electrons. The van der Waals surface area contributed by atoms with Gasteiger partial charge in [-0.15, -0.1) is 0 Å². The van der Waals surface area contributed by atoms with Gasteiger partial charge in [-0.3, -0.25) is 9.59 Å². The Morgan fingerprint density at radius 2 is 1.91 bits per heavy atom. The van der Waals surface area contributed by atoms with E-state index in [-0.39, 0.29) is 23.9 Å². The summed E-state index contributed by atoms with van der Waals surface area (Å²) in [5.74, 6) is 2.51. The average molecular weight is 616 g/mol. The smallest absolute Gasteiger partial charge is 0.254 e. The predicted molar refractivity (Wildman–Crippen MR) is 177 cm³/mol. The third kappa shape index (κ3) is 4.26. The molecule has 4 aliphatic rings. The number of carbonyl (C=O) groups is 2. The van der Waals surface area contributed by atoms with Gasteiger partial charge in [0.1, 0.15) is 16.9 Å². The summed E-state index contributed by atoms with van der Waals surface area (Å²) in [4.78, 5) is 37.9. The van der Waals surface area contributed by atoms with Crippen molar-refractivity contribution in [2.45, 2.75) is 57.2 Å². The maximum absolute atomic E-state index is 13.7. The number of rotatable bonds is 6. The lowest BCUT2D eigenvalue weighted by Crippen LogP contribution is -2.41. The van der Waals surface area contributed by atoms with Crippen molar-refractivity contribution < 1.29 is 14.3 Å². The number of benzene rings is 2. The summed E-state index contributed by atoms with van der Waals surface area (Å²) in [5.41, 5.74) is 14.5. The first-order chi connectivity index (χ1) is 22.4. The topological polar surface area (TPSA) is 120 Å². The molecule has 3 N–H and O–H groups in total. The van der Waals surface area contributed by atoms with Gasteiger partial charge in [-0.25, -0.2) is 9.97 Å². The summed E-state index contributed by atoms with van der Waals surface area (Å²) in [6.07, 6.45) is 5.72. The molecule has 2 aliphatic heterocycles. The largest absolute Gasteiger partial charge is 0.494 e. The molecule has 5 heterocycles. The number of aromatic nitrogens is 4. The number of hydrogen-bond donors (Lipinski definition) is 2. The standard InChI is InChI=1S/C36H37N7O3/c1-41-33-27(14-24(16-30(33)46-2)36(45)43-18-23-7-11-28(43)32(23)37)40-35(41)29-15-22-6-10-26(39-34(22)42(29)17-19-3-4-19)20-5-9-25-21(13-20)8-12-31(44)38-25/h5-6,9-10,13-16,19,23,28,32H,3-4,7-8,11-12,17-18,37H2,1-2H3,(H,38,44)/t23?,28?,32-/m1/s1. The molecule has 0 radical (unpaired) electrons. The van der Waals surface area contributed by atoms with Crippen LogP contribution in [0.4, 0.5) is 5.69 Å². The molecule has 5 aromatic rings. The van der Waals surface area contributed by atoms with Crippen LogP contribution in [0.3, 0.4) is 0 Å². The second-order valence-corrected chi connectivity index (χ2v) is 13.6. The summed E-state index contributed by atoms with van der Waals surface area (Å²) < 4.78 is 10.3. The molecule has 2 bridgehead atoms. The number of likely N-dealkylation sites (tertiary alicyclic amines) is 1. The number of carbonyl (C=O) groups excluding carboxylic acids is 2. The Morgan fingerprint density at radius 3 is 2.67 bits per heavy atom. The van der Waals surface area contributed by atoms with Gasteiger partial charge in [-0.05, 0) is 92.0 Å². The maximum atomic E-state index is 13.7. The molecule has 3 atom stereocenters. The van der Waals surface area contributed by atoms with Crippen molar-refractivity contribution >= 4 is 39.6 Å². The number of nitrogens with one attached hydrogen (secondary N) is 1. The number of ether oxygens (including phenoxy) is 1. The Morgan fingerprint density at radius 1 is 1.04 bits per heavy atom. The highest BCUT2D eigenvalue weighted by atomic mass is 16.5. The van der Waals surface area contributed by atoms with Crippen molar-refractivity contribution in [3.05, 3.63) is 59.7 Å². The van der Waals surface area contributed by atoms with E-state index in [4.69, 9.17) is 20.4 Å². The number of piperidine rings is 1. The number of pyridine rings is 1. The van der Waals surface area contributed by atoms with Crippen molar-refractivity contribution in [3.8, 4) is 28.5 Å². The summed E-state index contributed by atoms with van der Waals surface area (Å²) in [7, 11) is 3.66. The zero-order valence-corrected chi connectivity index (χ0v) is 26.1. The molecule has 3 fully saturated rings. The van der Waals surface area contributed by atoms with Gasteiger partial charge in [0.2, 0.25) is 5.91 Å². The van der Waals surface area contributed by atoms with Gasteiger partial charge >= 0.3 is 0 Å². The van der Waals surface area contributed by atoms with Gasteiger partial charge in [0.25, 0.3) is 5.91 Å². The molecule has 9 rings (SSSR count). The van der Waals surface area contributed by atoms with Crippen molar-refractivity contribution in [1.29, 1.82) is 0 Å². The Balaban J connectivity index is 1.13. The molecule has 2 amide bonds. The van der Waals surface area contributed by atoms with Crippen LogP contribution in [0.15, 0.2) is 48.5 Å². The first-order valence-corrected chi connectivity index (χ1v) is 16.4. The second kappa shape index (κ2) is 10.2. The van der Waals surface area contributed by atoms with E-state index in [0.29, 0.717) is 29.6 Å². The minimum absolute atomic E-state index is 0.000752. The van der Waals surface area contributed by atoms with E-state index in [0.717, 1.165) is 88.4 Å². The highest BCUT2D eigenvalue weighted by Crippen LogP contribution is 2.40. The van der Waals surface area contributed by atoms with Crippen LogP contribution in [0, 0.1) is 11.8 Å². The first-order valence-electron chi connectivity index (χ1n) is 16.4. The fourth-order valence-electron chi connectivity index (χ4n) is 8.03. The van der Waals surface area contributed by atoms with Crippen molar-refractivity contribution in [2.24, 2.45) is 24.6 Å². The van der Waals surface area contributed by atoms with Crippen LogP contribution in [0.5, 0.6) is 5.75 Å². The molecule has 2 aliphatic carbocycles. The van der Waals surface area contributed by atoms with Crippen LogP contribution in [0.2, 0.25) is 0 Å². The van der Waals surface area contributed by atoms with E-state index in [9.17, 15) is 9.59 Å². The number of methoxy groups -OCH3 is 1. The van der Waals surface area contributed by atoms with Gasteiger partial charge in [-0.2, -0.15) is 0 Å². The molecular weight excluding hydrogens is 578 g/mol. The van der Waals surface area contributed by atoms with Crippen molar-refractivity contribution in [1.82, 2.24) is 24.0 Å². The number of imidazole rings is 1. The van der Waals surface area contributed by atoms with Gasteiger partial charge in [0, 0.05) is 60.8 Å². The molecule has 2 saturated carbocycles. The van der Waals surface area contributed by atoms with E-state index in [1.165, 1.54) is 12.8 Å². The maximum Gasteiger partial charge on any atom is 0.254 e. The summed E-state index contributed by atoms with van der Waals surface area (Å²) >= 11 is 0. The number of amides is 2. The number of nitrogens with two attached hydrogens (primary N) is 1. The van der Waals surface area contributed by atoms with Crippen molar-refractivity contribution in [3.63, 3.8) is 0 Å². The third-order valence-corrected chi connectivity index (χ3v) is 10.7. The summed E-state index contributed by atoms with van der Waals surface area (Å²) in [6, 6.07) is 16.5. The minimum atomic E-state index is -0.000752. The third-order valence-electron chi connectivity index (χ3n) is 10.7. The molecular formula is C36H37N7O3. The minimum Gasteiger partial charge on any atom is -0.494 e. The highest BCUT2D eigenvalue weighted by Gasteiger charge is 2.47. The van der Waals surface area contributed by atoms with Crippen LogP contribution in [0.1, 0.15) is 48.0 Å². The first kappa shape index (κ1) is 27.6. The molecule has 1 saturated heterocycles. The van der Waals surface area contributed by atoms with Gasteiger partial charge < -0.3 is 29.8 Å². The Kier molecular flexibility index (Phi) is 6.09. The SMILES string of the molecule is COc1cc(C(=O)N2CC3CCC2[C@@H]3N)cc2nc(-c3cc4ccc(-c5ccc6c(c5)CCC(=O)N6)nc4n3CC3CC3)n(C)c12. The van der Waals surface area contributed by atoms with Gasteiger partial charge in [0.15, 0.2) is 5.82 Å². The fourth-order valence-corrected chi connectivity index (χ4v) is 8.03. The van der Waals surface area contributed by atoms with E-state index < -0.39 is 0 Å². The van der Waals surface area contributed by atoms with Crippen LogP contribution in [0.25, 0.3) is 44.8 Å². The lowest BCUT2D eigenvalue weighted by Gasteiger charge is -2.27. The Labute approximate surface area is 266 Å². The fraction of sp³-hybridized carbons (Fsp3) is 0.389. The highest BCUT2D eigenvalue weighted by molar-refractivity contribution is 6.00. The lowest BCUT2D eigenvalue weighted by atomic mass is 9.99. The van der Waals surface area contributed by atoms with Crippen LogP contribution < -0.4 is 15.8 Å². The second-order valence-electron chi connectivity index (χ2n) is 13.6. The number of hydrogen-bond acceptors (Lipinski definition) is 6. The Bertz CT molecular complexity index is 2090. The number of nitrogens with zero attached hydrogens (tertiary/aromatic N) is 5.